The zero-order chi connectivity index (χ0) is 11.5. The first-order valence-corrected chi connectivity index (χ1v) is 6.26. The minimum Gasteiger partial charge on any atom is -0.349 e. The standard InChI is InChI=1S/C10H8Cl2N2OS/c11-4-10(15)13-5-8-7-3-6(12)1-2-9(7)16-14-8/h1-3H,4-5H2,(H,13,15). The zero-order valence-corrected chi connectivity index (χ0v) is 10.5. The summed E-state index contributed by atoms with van der Waals surface area (Å²) in [5.74, 6) is -0.243. The van der Waals surface area contributed by atoms with Gasteiger partial charge in [-0.1, -0.05) is 11.6 Å². The third kappa shape index (κ3) is 2.45. The first-order chi connectivity index (χ1) is 7.70. The van der Waals surface area contributed by atoms with Gasteiger partial charge in [0, 0.05) is 10.4 Å². The normalized spacial score (nSPS) is 10.6. The molecule has 0 saturated heterocycles. The lowest BCUT2D eigenvalue weighted by atomic mass is 10.2. The number of aromatic nitrogens is 1. The number of fused-ring (bicyclic) bond motifs is 1. The van der Waals surface area contributed by atoms with Crippen molar-refractivity contribution < 1.29 is 4.79 Å². The number of carbonyl (C=O) groups is 1. The second-order valence-corrected chi connectivity index (χ2v) is 4.69. The molecule has 0 radical (unpaired) electrons. The van der Waals surface area contributed by atoms with Gasteiger partial charge in [0.05, 0.1) is 16.9 Å². The van der Waals surface area contributed by atoms with Crippen molar-refractivity contribution in [1.82, 2.24) is 9.69 Å². The van der Waals surface area contributed by atoms with Gasteiger partial charge in [0.2, 0.25) is 5.91 Å². The Bertz CT molecular complexity index is 527. The fourth-order valence-corrected chi connectivity index (χ4v) is 2.36. The van der Waals surface area contributed by atoms with Crippen molar-refractivity contribution in [1.29, 1.82) is 0 Å². The van der Waals surface area contributed by atoms with E-state index in [1.54, 1.807) is 0 Å². The number of nitrogens with zero attached hydrogens (tertiary/aromatic N) is 1. The molecule has 84 valence electrons. The molecule has 6 heteroatoms. The summed E-state index contributed by atoms with van der Waals surface area (Å²) in [6, 6.07) is 5.59. The molecule has 3 nitrogen and oxygen atoms in total. The van der Waals surface area contributed by atoms with Gasteiger partial charge in [-0.15, -0.1) is 11.6 Å². The molecule has 2 rings (SSSR count). The number of hydrogen-bond acceptors (Lipinski definition) is 3. The Kier molecular flexibility index (Phi) is 3.63. The molecular formula is C10H8Cl2N2OS. The quantitative estimate of drug-likeness (QED) is 0.875. The average molecular weight is 275 g/mol. The van der Waals surface area contributed by atoms with E-state index in [1.807, 2.05) is 18.2 Å². The van der Waals surface area contributed by atoms with Crippen LogP contribution < -0.4 is 5.32 Å². The Balaban J connectivity index is 2.24. The van der Waals surface area contributed by atoms with Crippen LogP contribution in [0.4, 0.5) is 0 Å². The molecule has 1 heterocycles. The van der Waals surface area contributed by atoms with Gasteiger partial charge >= 0.3 is 0 Å². The number of carbonyl (C=O) groups excluding carboxylic acids is 1. The number of halogens is 2. The van der Waals surface area contributed by atoms with Gasteiger partial charge in [0.25, 0.3) is 0 Å². The van der Waals surface area contributed by atoms with Gasteiger partial charge in [-0.05, 0) is 29.7 Å². The van der Waals surface area contributed by atoms with Gasteiger partial charge in [-0.3, -0.25) is 4.79 Å². The summed E-state index contributed by atoms with van der Waals surface area (Å²) in [5, 5.41) is 4.32. The molecule has 0 aliphatic carbocycles. The van der Waals surface area contributed by atoms with E-state index in [0.717, 1.165) is 15.8 Å². The second-order valence-electron chi connectivity index (χ2n) is 3.18. The number of nitrogens with one attached hydrogen (secondary N) is 1. The molecule has 1 N–H and O–H groups in total. The number of amides is 1. The SMILES string of the molecule is O=C(CCl)NCc1nsc2ccc(Cl)cc12. The maximum Gasteiger partial charge on any atom is 0.235 e. The molecule has 1 amide bonds. The van der Waals surface area contributed by atoms with Crippen LogP contribution in [0.25, 0.3) is 10.1 Å². The number of rotatable bonds is 3. The molecule has 0 unspecified atom stereocenters. The fraction of sp³-hybridized carbons (Fsp3) is 0.200. The number of benzene rings is 1. The van der Waals surface area contributed by atoms with E-state index >= 15 is 0 Å². The van der Waals surface area contributed by atoms with E-state index in [2.05, 4.69) is 9.69 Å². The number of alkyl halides is 1. The minimum atomic E-state index is -0.204. The Hall–Kier alpha value is -0.840. The van der Waals surface area contributed by atoms with Gasteiger partial charge in [-0.2, -0.15) is 4.37 Å². The van der Waals surface area contributed by atoms with Crippen LogP contribution in [0.2, 0.25) is 5.02 Å². The highest BCUT2D eigenvalue weighted by atomic mass is 35.5. The molecule has 0 aliphatic heterocycles. The molecule has 2 aromatic rings. The Morgan fingerprint density at radius 3 is 3.06 bits per heavy atom. The monoisotopic (exact) mass is 274 g/mol. The first kappa shape index (κ1) is 11.6. The van der Waals surface area contributed by atoms with E-state index in [9.17, 15) is 4.79 Å². The summed E-state index contributed by atoms with van der Waals surface area (Å²) in [6.07, 6.45) is 0. The molecule has 0 fully saturated rings. The van der Waals surface area contributed by atoms with Crippen LogP contribution in [-0.2, 0) is 11.3 Å². The average Bonchev–Trinajstić information content (AvgIpc) is 2.68. The largest absolute Gasteiger partial charge is 0.349 e. The lowest BCUT2D eigenvalue weighted by molar-refractivity contribution is -0.118. The molecule has 0 spiro atoms. The smallest absolute Gasteiger partial charge is 0.235 e. The third-order valence-electron chi connectivity index (χ3n) is 2.08. The summed E-state index contributed by atoms with van der Waals surface area (Å²) in [5.41, 5.74) is 0.820. The molecule has 16 heavy (non-hydrogen) atoms. The van der Waals surface area contributed by atoms with Gasteiger partial charge in [0.15, 0.2) is 0 Å². The minimum absolute atomic E-state index is 0.0389. The maximum atomic E-state index is 11.0. The topological polar surface area (TPSA) is 42.0 Å². The molecule has 0 saturated carbocycles. The highest BCUT2D eigenvalue weighted by Gasteiger charge is 2.07. The van der Waals surface area contributed by atoms with Crippen LogP contribution in [-0.4, -0.2) is 16.2 Å². The maximum absolute atomic E-state index is 11.0. The van der Waals surface area contributed by atoms with Crippen LogP contribution in [0, 0.1) is 0 Å². The van der Waals surface area contributed by atoms with Crippen LogP contribution in [0.3, 0.4) is 0 Å². The molecular weight excluding hydrogens is 267 g/mol. The van der Waals surface area contributed by atoms with Crippen molar-refractivity contribution in [3.63, 3.8) is 0 Å². The van der Waals surface area contributed by atoms with Gasteiger partial charge in [-0.25, -0.2) is 0 Å². The fourth-order valence-electron chi connectivity index (χ4n) is 1.32. The third-order valence-corrected chi connectivity index (χ3v) is 3.42. The highest BCUT2D eigenvalue weighted by molar-refractivity contribution is 7.13. The van der Waals surface area contributed by atoms with Crippen molar-refractivity contribution in [3.8, 4) is 0 Å². The van der Waals surface area contributed by atoms with E-state index in [-0.39, 0.29) is 11.8 Å². The van der Waals surface area contributed by atoms with E-state index in [4.69, 9.17) is 23.2 Å². The highest BCUT2D eigenvalue weighted by Crippen LogP contribution is 2.25. The van der Waals surface area contributed by atoms with Crippen molar-refractivity contribution in [2.45, 2.75) is 6.54 Å². The van der Waals surface area contributed by atoms with Gasteiger partial charge in [0.1, 0.15) is 5.88 Å². The molecule has 1 aromatic carbocycles. The van der Waals surface area contributed by atoms with E-state index in [0.29, 0.717) is 11.6 Å². The van der Waals surface area contributed by atoms with Crippen LogP contribution in [0.1, 0.15) is 5.69 Å². The summed E-state index contributed by atoms with van der Waals surface area (Å²) in [4.78, 5) is 11.0. The van der Waals surface area contributed by atoms with Gasteiger partial charge < -0.3 is 5.32 Å². The molecule has 1 aromatic heterocycles. The lowest BCUT2D eigenvalue weighted by Gasteiger charge is -2.00. The molecule has 0 aliphatic rings. The van der Waals surface area contributed by atoms with Crippen molar-refractivity contribution in [2.24, 2.45) is 0 Å². The lowest BCUT2D eigenvalue weighted by Crippen LogP contribution is -2.23. The summed E-state index contributed by atoms with van der Waals surface area (Å²) < 4.78 is 5.32. The summed E-state index contributed by atoms with van der Waals surface area (Å²) in [6.45, 7) is 0.381. The van der Waals surface area contributed by atoms with E-state index < -0.39 is 0 Å². The Morgan fingerprint density at radius 2 is 2.31 bits per heavy atom. The molecule has 0 atom stereocenters. The second kappa shape index (κ2) is 4.99. The summed E-state index contributed by atoms with van der Waals surface area (Å²) >= 11 is 12.7. The predicted octanol–water partition coefficient (Wildman–Crippen LogP) is 2.80. The zero-order valence-electron chi connectivity index (χ0n) is 8.17. The first-order valence-electron chi connectivity index (χ1n) is 4.57. The van der Waals surface area contributed by atoms with Crippen molar-refractivity contribution in [2.75, 3.05) is 5.88 Å². The van der Waals surface area contributed by atoms with Crippen LogP contribution in [0.5, 0.6) is 0 Å². The van der Waals surface area contributed by atoms with Crippen molar-refractivity contribution in [3.05, 3.63) is 28.9 Å². The Morgan fingerprint density at radius 1 is 1.50 bits per heavy atom. The Labute approximate surface area is 107 Å². The number of hydrogen-bond donors (Lipinski definition) is 1. The van der Waals surface area contributed by atoms with Crippen LogP contribution >= 0.6 is 34.7 Å². The predicted molar refractivity (Wildman–Crippen MR) is 67.2 cm³/mol. The summed E-state index contributed by atoms with van der Waals surface area (Å²) in [7, 11) is 0. The van der Waals surface area contributed by atoms with Crippen LogP contribution in [0.15, 0.2) is 18.2 Å². The van der Waals surface area contributed by atoms with E-state index in [1.165, 1.54) is 11.5 Å². The molecule has 0 bridgehead atoms. The van der Waals surface area contributed by atoms with Crippen molar-refractivity contribution >= 4 is 50.7 Å².